The van der Waals surface area contributed by atoms with E-state index in [1.807, 2.05) is 0 Å². The molecule has 0 unspecified atom stereocenters. The molecule has 0 spiro atoms. The Morgan fingerprint density at radius 2 is 2.15 bits per heavy atom. The van der Waals surface area contributed by atoms with Crippen LogP contribution in [0.4, 0.5) is 5.69 Å². The van der Waals surface area contributed by atoms with E-state index in [1.165, 1.54) is 0 Å². The van der Waals surface area contributed by atoms with E-state index < -0.39 is 0 Å². The van der Waals surface area contributed by atoms with Crippen molar-refractivity contribution in [1.29, 1.82) is 0 Å². The Hall–Kier alpha value is -1.42. The second-order valence-electron chi connectivity index (χ2n) is 2.35. The molecule has 0 saturated carbocycles. The van der Waals surface area contributed by atoms with Crippen molar-refractivity contribution in [1.82, 2.24) is 0 Å². The van der Waals surface area contributed by atoms with Gasteiger partial charge in [-0.2, -0.15) is 0 Å². The van der Waals surface area contributed by atoms with Crippen molar-refractivity contribution in [3.63, 3.8) is 0 Å². The molecule has 0 amide bonds. The summed E-state index contributed by atoms with van der Waals surface area (Å²) in [7, 11) is 1.56. The molecular formula is C8H10ClN3O. The molecule has 4 N–H and O–H groups in total. The Bertz CT molecular complexity index is 334. The van der Waals surface area contributed by atoms with Gasteiger partial charge in [0.1, 0.15) is 5.75 Å². The normalized spacial score (nSPS) is 9.38. The minimum Gasteiger partial charge on any atom is -0.497 e. The van der Waals surface area contributed by atoms with Crippen LogP contribution in [-0.2, 0) is 0 Å². The van der Waals surface area contributed by atoms with Crippen LogP contribution >= 0.6 is 11.6 Å². The highest BCUT2D eigenvalue weighted by Crippen LogP contribution is 2.28. The van der Waals surface area contributed by atoms with E-state index >= 15 is 0 Å². The van der Waals surface area contributed by atoms with Gasteiger partial charge in [0.2, 0.25) is 0 Å². The minimum atomic E-state index is -0.0212. The number of rotatable bonds is 2. The molecule has 4 nitrogen and oxygen atoms in total. The first-order valence-electron chi connectivity index (χ1n) is 3.56. The SMILES string of the molecule is COc1ccc(N=C(N)N)c(Cl)c1. The standard InChI is InChI=1S/C8H10ClN3O/c1-13-5-2-3-7(6(9)4-5)12-8(10)11/h2-4H,1H3,(H4,10,11,12). The third kappa shape index (κ3) is 2.52. The van der Waals surface area contributed by atoms with Crippen molar-refractivity contribution in [3.05, 3.63) is 23.2 Å². The van der Waals surface area contributed by atoms with Crippen molar-refractivity contribution in [2.24, 2.45) is 16.5 Å². The first-order chi connectivity index (χ1) is 6.13. The Morgan fingerprint density at radius 1 is 1.46 bits per heavy atom. The van der Waals surface area contributed by atoms with E-state index in [-0.39, 0.29) is 5.96 Å². The summed E-state index contributed by atoms with van der Waals surface area (Å²) in [5.74, 6) is 0.645. The number of guanidine groups is 1. The molecule has 0 fully saturated rings. The average Bonchev–Trinajstić information content (AvgIpc) is 2.08. The summed E-state index contributed by atoms with van der Waals surface area (Å²) in [6.07, 6.45) is 0. The lowest BCUT2D eigenvalue weighted by Crippen LogP contribution is -2.21. The zero-order valence-electron chi connectivity index (χ0n) is 7.12. The molecule has 0 bridgehead atoms. The molecule has 5 heteroatoms. The molecule has 13 heavy (non-hydrogen) atoms. The Kier molecular flexibility index (Phi) is 2.97. The number of nitrogens with two attached hydrogens (primary N) is 2. The average molecular weight is 200 g/mol. The molecule has 1 aromatic rings. The summed E-state index contributed by atoms with van der Waals surface area (Å²) in [4.78, 5) is 3.82. The maximum Gasteiger partial charge on any atom is 0.191 e. The number of nitrogens with zero attached hydrogens (tertiary/aromatic N) is 1. The molecular weight excluding hydrogens is 190 g/mol. The second-order valence-corrected chi connectivity index (χ2v) is 2.76. The number of aliphatic imine (C=N–C) groups is 1. The lowest BCUT2D eigenvalue weighted by molar-refractivity contribution is 0.415. The third-order valence-corrected chi connectivity index (χ3v) is 1.71. The number of halogens is 1. The van der Waals surface area contributed by atoms with Crippen molar-refractivity contribution < 1.29 is 4.74 Å². The highest BCUT2D eigenvalue weighted by Gasteiger charge is 2.00. The first-order valence-corrected chi connectivity index (χ1v) is 3.94. The maximum atomic E-state index is 5.85. The predicted molar refractivity (Wildman–Crippen MR) is 53.5 cm³/mol. The maximum absolute atomic E-state index is 5.85. The monoisotopic (exact) mass is 199 g/mol. The van der Waals surface area contributed by atoms with Gasteiger partial charge in [0, 0.05) is 6.07 Å². The Labute approximate surface area is 81.2 Å². The van der Waals surface area contributed by atoms with Crippen LogP contribution < -0.4 is 16.2 Å². The fraction of sp³-hybridized carbons (Fsp3) is 0.125. The molecule has 0 saturated heterocycles. The van der Waals surface area contributed by atoms with Crippen LogP contribution in [0.15, 0.2) is 23.2 Å². The number of hydrogen-bond acceptors (Lipinski definition) is 2. The van der Waals surface area contributed by atoms with Gasteiger partial charge in [-0.1, -0.05) is 11.6 Å². The molecule has 0 atom stereocenters. The summed E-state index contributed by atoms with van der Waals surface area (Å²) in [5, 5.41) is 0.452. The lowest BCUT2D eigenvalue weighted by atomic mass is 10.3. The summed E-state index contributed by atoms with van der Waals surface area (Å²) in [6.45, 7) is 0. The van der Waals surface area contributed by atoms with Gasteiger partial charge in [-0.15, -0.1) is 0 Å². The molecule has 70 valence electrons. The molecule has 1 aromatic carbocycles. The molecule has 0 aliphatic heterocycles. The van der Waals surface area contributed by atoms with Gasteiger partial charge in [-0.25, -0.2) is 4.99 Å². The molecule has 0 heterocycles. The van der Waals surface area contributed by atoms with Crippen molar-refractivity contribution in [2.45, 2.75) is 0 Å². The Morgan fingerprint density at radius 3 is 2.62 bits per heavy atom. The van der Waals surface area contributed by atoms with Crippen LogP contribution in [0.1, 0.15) is 0 Å². The smallest absolute Gasteiger partial charge is 0.191 e. The summed E-state index contributed by atoms with van der Waals surface area (Å²) in [5.41, 5.74) is 10.9. The van der Waals surface area contributed by atoms with E-state index in [0.29, 0.717) is 16.5 Å². The molecule has 1 rings (SSSR count). The fourth-order valence-electron chi connectivity index (χ4n) is 0.844. The lowest BCUT2D eigenvalue weighted by Gasteiger charge is -2.02. The second kappa shape index (κ2) is 4.00. The van der Waals surface area contributed by atoms with Crippen LogP contribution in [0.5, 0.6) is 5.75 Å². The summed E-state index contributed by atoms with van der Waals surface area (Å²) >= 11 is 5.85. The van der Waals surface area contributed by atoms with Crippen LogP contribution in [0, 0.1) is 0 Å². The van der Waals surface area contributed by atoms with Gasteiger partial charge in [0.15, 0.2) is 5.96 Å². The van der Waals surface area contributed by atoms with E-state index in [4.69, 9.17) is 27.8 Å². The number of methoxy groups -OCH3 is 1. The van der Waals surface area contributed by atoms with Crippen molar-refractivity contribution >= 4 is 23.2 Å². The van der Waals surface area contributed by atoms with Gasteiger partial charge in [0.05, 0.1) is 17.8 Å². The van der Waals surface area contributed by atoms with E-state index in [1.54, 1.807) is 25.3 Å². The van der Waals surface area contributed by atoms with E-state index in [9.17, 15) is 0 Å². The highest BCUT2D eigenvalue weighted by molar-refractivity contribution is 6.33. The van der Waals surface area contributed by atoms with Gasteiger partial charge < -0.3 is 16.2 Å². The third-order valence-electron chi connectivity index (χ3n) is 1.40. The van der Waals surface area contributed by atoms with Crippen LogP contribution in [0.25, 0.3) is 0 Å². The number of hydrogen-bond donors (Lipinski definition) is 2. The Balaban J connectivity index is 3.05. The van der Waals surface area contributed by atoms with Crippen LogP contribution in [0.2, 0.25) is 5.02 Å². The van der Waals surface area contributed by atoms with Crippen LogP contribution in [0.3, 0.4) is 0 Å². The van der Waals surface area contributed by atoms with Gasteiger partial charge in [-0.05, 0) is 12.1 Å². The van der Waals surface area contributed by atoms with E-state index in [2.05, 4.69) is 4.99 Å². The number of ether oxygens (including phenoxy) is 1. The number of benzene rings is 1. The van der Waals surface area contributed by atoms with Crippen molar-refractivity contribution in [2.75, 3.05) is 7.11 Å². The molecule has 0 aliphatic carbocycles. The topological polar surface area (TPSA) is 73.6 Å². The first kappa shape index (κ1) is 9.67. The largest absolute Gasteiger partial charge is 0.497 e. The van der Waals surface area contributed by atoms with Gasteiger partial charge in [-0.3, -0.25) is 0 Å². The molecule has 0 aliphatic rings. The molecule has 0 aromatic heterocycles. The highest BCUT2D eigenvalue weighted by atomic mass is 35.5. The quantitative estimate of drug-likeness (QED) is 0.556. The van der Waals surface area contributed by atoms with Gasteiger partial charge in [0.25, 0.3) is 0 Å². The molecule has 0 radical (unpaired) electrons. The zero-order valence-corrected chi connectivity index (χ0v) is 7.88. The van der Waals surface area contributed by atoms with E-state index in [0.717, 1.165) is 0 Å². The van der Waals surface area contributed by atoms with Crippen LogP contribution in [-0.4, -0.2) is 13.1 Å². The zero-order chi connectivity index (χ0) is 9.84. The van der Waals surface area contributed by atoms with Gasteiger partial charge >= 0.3 is 0 Å². The summed E-state index contributed by atoms with van der Waals surface area (Å²) < 4.78 is 4.96. The summed E-state index contributed by atoms with van der Waals surface area (Å²) in [6, 6.07) is 5.05. The predicted octanol–water partition coefficient (Wildman–Crippen LogP) is 1.25. The fourth-order valence-corrected chi connectivity index (χ4v) is 1.06. The van der Waals surface area contributed by atoms with Crippen molar-refractivity contribution in [3.8, 4) is 5.75 Å². The minimum absolute atomic E-state index is 0.0212.